The number of hydrogen-bond acceptors (Lipinski definition) is 2. The Bertz CT molecular complexity index is 629. The second-order valence-corrected chi connectivity index (χ2v) is 19.7. The zero-order valence-electron chi connectivity index (χ0n) is 42.3. The lowest BCUT2D eigenvalue weighted by molar-refractivity contribution is 0.264. The maximum Gasteiger partial charge on any atom is -0.0121 e. The summed E-state index contributed by atoms with van der Waals surface area (Å²) >= 11 is 0. The summed E-state index contributed by atoms with van der Waals surface area (Å²) in [5.41, 5.74) is 0.419. The summed E-state index contributed by atoms with van der Waals surface area (Å²) in [4.78, 5) is 0. The molecule has 0 aromatic heterocycles. The number of rotatable bonds is 52. The van der Waals surface area contributed by atoms with Gasteiger partial charge in [-0.1, -0.05) is 335 Å². The summed E-state index contributed by atoms with van der Waals surface area (Å²) in [7, 11) is 0. The summed E-state index contributed by atoms with van der Waals surface area (Å²) in [5, 5.41) is 0. The molecule has 0 saturated carbocycles. The lowest BCUT2D eigenvalue weighted by atomic mass is 9.74. The monoisotopic (exact) mass is 833 g/mol. The van der Waals surface area contributed by atoms with Crippen LogP contribution in [-0.4, -0.2) is 0 Å². The quantitative estimate of drug-likeness (QED) is 0.0473. The maximum absolute atomic E-state index is 4.51. The Balaban J connectivity index is -0.0000157. The van der Waals surface area contributed by atoms with E-state index in [2.05, 4.69) is 33.4 Å². The van der Waals surface area contributed by atoms with Gasteiger partial charge in [0.25, 0.3) is 0 Å². The second kappa shape index (κ2) is 55.7. The normalized spacial score (nSPS) is 11.5. The van der Waals surface area contributed by atoms with Gasteiger partial charge in [-0.25, -0.2) is 0 Å². The third kappa shape index (κ3) is 50.2. The zero-order valence-corrected chi connectivity index (χ0v) is 42.3. The minimum Gasteiger partial charge on any atom is -0.344 e. The van der Waals surface area contributed by atoms with Gasteiger partial charge in [0.2, 0.25) is 0 Å². The third-order valence-corrected chi connectivity index (χ3v) is 14.0. The predicted octanol–water partition coefficient (Wildman–Crippen LogP) is 22.4. The van der Waals surface area contributed by atoms with Crippen molar-refractivity contribution >= 4 is 0 Å². The molecule has 0 spiro atoms. The molecule has 0 aromatic rings. The van der Waals surface area contributed by atoms with E-state index in [0.29, 0.717) is 5.41 Å². The Morgan fingerprint density at radius 2 is 0.339 bits per heavy atom. The molecule has 0 aliphatic carbocycles. The minimum absolute atomic E-state index is 0. The van der Waals surface area contributed by atoms with Crippen LogP contribution in [-0.2, 0) is 0 Å². The molecule has 0 saturated heterocycles. The van der Waals surface area contributed by atoms with E-state index in [-0.39, 0.29) is 12.3 Å². The highest BCUT2D eigenvalue weighted by molar-refractivity contribution is 4.94. The highest BCUT2D eigenvalue weighted by Gasteiger charge is 2.25. The fourth-order valence-electron chi connectivity index (χ4n) is 9.76. The van der Waals surface area contributed by atoms with Crippen molar-refractivity contribution in [2.24, 2.45) is 5.41 Å². The summed E-state index contributed by atoms with van der Waals surface area (Å²) in [5.74, 6) is 0. The topological polar surface area (TPSA) is 70.0 Å². The van der Waals surface area contributed by atoms with Gasteiger partial charge >= 0.3 is 0 Å². The molecule has 0 amide bonds. The first-order valence-electron chi connectivity index (χ1n) is 27.9. The Labute approximate surface area is 377 Å². The van der Waals surface area contributed by atoms with Crippen molar-refractivity contribution in [2.45, 2.75) is 348 Å². The van der Waals surface area contributed by atoms with E-state index in [0.717, 1.165) is 0 Å². The summed E-state index contributed by atoms with van der Waals surface area (Å²) in [6, 6.07) is 0. The van der Waals surface area contributed by atoms with Crippen LogP contribution in [0.2, 0.25) is 0 Å². The molecule has 0 heterocycles. The van der Waals surface area contributed by atoms with Crippen LogP contribution < -0.4 is 12.3 Å². The molecule has 0 fully saturated rings. The molecule has 0 aliphatic rings. The van der Waals surface area contributed by atoms with Gasteiger partial charge in [-0.3, -0.25) is 0 Å². The molecule has 6 N–H and O–H groups in total. The predicted molar refractivity (Wildman–Crippen MR) is 275 cm³/mol. The second-order valence-electron chi connectivity index (χ2n) is 19.7. The lowest BCUT2D eigenvalue weighted by Crippen LogP contribution is -2.18. The van der Waals surface area contributed by atoms with Crippen molar-refractivity contribution in [1.82, 2.24) is 12.3 Å². The fraction of sp³-hybridized carbons (Fsp3) is 0.965. The molecule has 0 atom stereocenters. The molecular formula is C57H120N2. The van der Waals surface area contributed by atoms with Crippen molar-refractivity contribution in [2.75, 3.05) is 0 Å². The van der Waals surface area contributed by atoms with Crippen molar-refractivity contribution in [3.05, 3.63) is 12.7 Å². The van der Waals surface area contributed by atoms with Crippen LogP contribution in [0.3, 0.4) is 0 Å². The molecule has 2 heteroatoms. The Morgan fingerprint density at radius 3 is 0.458 bits per heavy atom. The fourth-order valence-corrected chi connectivity index (χ4v) is 9.76. The summed E-state index contributed by atoms with van der Waals surface area (Å²) in [6.45, 7) is 11.5. The number of unbranched alkanes of at least 4 members (excludes halogenated alkanes) is 45. The first-order valence-corrected chi connectivity index (χ1v) is 27.9. The zero-order chi connectivity index (χ0) is 41.3. The third-order valence-electron chi connectivity index (χ3n) is 14.0. The van der Waals surface area contributed by atoms with Gasteiger partial charge < -0.3 is 12.3 Å². The SMILES string of the molecule is C=CC(CCCCCCCCCCCCCCCCCC)(CCCCCCCCCCCCCCCCCC)CCCCCCCCCCCCCCCCCC.N.N. The van der Waals surface area contributed by atoms with Gasteiger partial charge in [-0.05, 0) is 24.7 Å². The Kier molecular flexibility index (Phi) is 59.4. The van der Waals surface area contributed by atoms with E-state index in [1.165, 1.54) is 327 Å². The molecule has 0 unspecified atom stereocenters. The largest absolute Gasteiger partial charge is 0.344 e. The van der Waals surface area contributed by atoms with Gasteiger partial charge in [-0.15, -0.1) is 6.58 Å². The van der Waals surface area contributed by atoms with Crippen LogP contribution in [0.1, 0.15) is 348 Å². The van der Waals surface area contributed by atoms with Gasteiger partial charge in [0.1, 0.15) is 0 Å². The molecular weight excluding hydrogens is 713 g/mol. The summed E-state index contributed by atoms with van der Waals surface area (Å²) < 4.78 is 0. The summed E-state index contributed by atoms with van der Waals surface area (Å²) in [6.07, 6.45) is 76.9. The highest BCUT2D eigenvalue weighted by Crippen LogP contribution is 2.38. The van der Waals surface area contributed by atoms with Crippen LogP contribution in [0.4, 0.5) is 0 Å². The average Bonchev–Trinajstić information content (AvgIpc) is 3.22. The van der Waals surface area contributed by atoms with E-state index >= 15 is 0 Å². The van der Waals surface area contributed by atoms with Crippen LogP contribution >= 0.6 is 0 Å². The van der Waals surface area contributed by atoms with E-state index < -0.39 is 0 Å². The molecule has 358 valence electrons. The number of allylic oxidation sites excluding steroid dienone is 1. The molecule has 0 rings (SSSR count). The maximum atomic E-state index is 4.51. The van der Waals surface area contributed by atoms with Crippen molar-refractivity contribution in [3.63, 3.8) is 0 Å². The van der Waals surface area contributed by atoms with Gasteiger partial charge in [0, 0.05) is 0 Å². The molecule has 0 aromatic carbocycles. The standard InChI is InChI=1S/C57H114.2H3N/c1-5-9-12-15-18-21-24-27-30-33-36-39-42-45-48-51-54-57(8-4,55-52-49-46-43-40-37-34-31-28-25-22-19-16-13-10-6-2)56-53-50-47-44-41-38-35-32-29-26-23-20-17-14-11-7-3;;/h8H,4-7,9-56H2,1-3H3;2*1H3. The van der Waals surface area contributed by atoms with Gasteiger partial charge in [-0.2, -0.15) is 0 Å². The van der Waals surface area contributed by atoms with Crippen LogP contribution in [0.15, 0.2) is 12.7 Å². The average molecular weight is 834 g/mol. The van der Waals surface area contributed by atoms with E-state index in [1.807, 2.05) is 0 Å². The van der Waals surface area contributed by atoms with Crippen LogP contribution in [0.25, 0.3) is 0 Å². The smallest absolute Gasteiger partial charge is 0.0121 e. The molecule has 2 nitrogen and oxygen atoms in total. The van der Waals surface area contributed by atoms with Crippen LogP contribution in [0.5, 0.6) is 0 Å². The molecule has 0 radical (unpaired) electrons. The minimum atomic E-state index is 0. The lowest BCUT2D eigenvalue weighted by Gasteiger charge is -2.31. The van der Waals surface area contributed by atoms with E-state index in [4.69, 9.17) is 0 Å². The first kappa shape index (κ1) is 63.0. The van der Waals surface area contributed by atoms with E-state index in [1.54, 1.807) is 0 Å². The van der Waals surface area contributed by atoms with E-state index in [9.17, 15) is 0 Å². The van der Waals surface area contributed by atoms with Crippen molar-refractivity contribution in [3.8, 4) is 0 Å². The Morgan fingerprint density at radius 1 is 0.220 bits per heavy atom. The molecule has 0 bridgehead atoms. The number of hydrogen-bond donors (Lipinski definition) is 2. The molecule has 59 heavy (non-hydrogen) atoms. The Hall–Kier alpha value is -0.340. The van der Waals surface area contributed by atoms with Crippen molar-refractivity contribution in [1.29, 1.82) is 0 Å². The van der Waals surface area contributed by atoms with Crippen molar-refractivity contribution < 1.29 is 0 Å². The molecule has 0 aliphatic heterocycles. The van der Waals surface area contributed by atoms with Crippen LogP contribution in [0, 0.1) is 5.41 Å². The van der Waals surface area contributed by atoms with Gasteiger partial charge in [0.15, 0.2) is 0 Å². The van der Waals surface area contributed by atoms with Gasteiger partial charge in [0.05, 0.1) is 0 Å². The first-order chi connectivity index (χ1) is 28.2. The highest BCUT2D eigenvalue weighted by atomic mass is 14.3.